The lowest BCUT2D eigenvalue weighted by Gasteiger charge is -2.05. The molecule has 3 nitrogen and oxygen atoms in total. The quantitative estimate of drug-likeness (QED) is 0.808. The average molecular weight is 279 g/mol. The summed E-state index contributed by atoms with van der Waals surface area (Å²) in [5.74, 6) is 0.760. The second-order valence-electron chi connectivity index (χ2n) is 3.21. The van der Waals surface area contributed by atoms with Crippen LogP contribution in [0.5, 0.6) is 5.75 Å². The summed E-state index contributed by atoms with van der Waals surface area (Å²) in [5.41, 5.74) is 1.61. The largest absolute Gasteiger partial charge is 0.487 e. The van der Waals surface area contributed by atoms with Gasteiger partial charge in [-0.25, -0.2) is 4.98 Å². The summed E-state index contributed by atoms with van der Waals surface area (Å²) in [6, 6.07) is 3.75. The fourth-order valence-corrected chi connectivity index (χ4v) is 1.65. The van der Waals surface area contributed by atoms with Crippen molar-refractivity contribution in [1.82, 2.24) is 9.97 Å². The zero-order valence-electron chi connectivity index (χ0n) is 8.85. The molecule has 2 rings (SSSR count). The molecule has 0 spiro atoms. The Hall–Kier alpha value is -1.42. The van der Waals surface area contributed by atoms with Crippen molar-refractivity contribution in [3.8, 4) is 5.75 Å². The first-order valence-corrected chi connectivity index (χ1v) is 5.75. The number of aromatic nitrogens is 2. The molecule has 0 aliphatic rings. The van der Waals surface area contributed by atoms with E-state index in [4.69, 9.17) is 4.74 Å². The minimum absolute atomic E-state index is 0.549. The zero-order valence-corrected chi connectivity index (χ0v) is 10.4. The monoisotopic (exact) mass is 278 g/mol. The molecule has 4 heteroatoms. The Morgan fingerprint density at radius 2 is 2.31 bits per heavy atom. The van der Waals surface area contributed by atoms with E-state index in [-0.39, 0.29) is 0 Å². The number of halogens is 1. The number of rotatable bonds is 3. The van der Waals surface area contributed by atoms with Gasteiger partial charge in [0.05, 0.1) is 5.52 Å². The van der Waals surface area contributed by atoms with Crippen molar-refractivity contribution in [2.24, 2.45) is 0 Å². The van der Waals surface area contributed by atoms with Gasteiger partial charge in [0.15, 0.2) is 0 Å². The molecule has 0 saturated carbocycles. The van der Waals surface area contributed by atoms with Crippen LogP contribution in [0, 0.1) is 0 Å². The highest BCUT2D eigenvalue weighted by molar-refractivity contribution is 9.10. The third kappa shape index (κ3) is 2.39. The average Bonchev–Trinajstić information content (AvgIpc) is 2.29. The van der Waals surface area contributed by atoms with Crippen LogP contribution in [0.1, 0.15) is 6.92 Å². The molecule has 0 saturated heterocycles. The third-order valence-electron chi connectivity index (χ3n) is 2.08. The van der Waals surface area contributed by atoms with E-state index in [1.54, 1.807) is 12.4 Å². The normalized spacial score (nSPS) is 11.1. The summed E-state index contributed by atoms with van der Waals surface area (Å²) in [4.78, 5) is 8.54. The van der Waals surface area contributed by atoms with Crippen molar-refractivity contribution in [3.05, 3.63) is 41.2 Å². The van der Waals surface area contributed by atoms with Gasteiger partial charge >= 0.3 is 0 Å². The predicted molar refractivity (Wildman–Crippen MR) is 67.5 cm³/mol. The van der Waals surface area contributed by atoms with Crippen LogP contribution < -0.4 is 4.74 Å². The van der Waals surface area contributed by atoms with Crippen molar-refractivity contribution in [2.75, 3.05) is 6.61 Å². The minimum atomic E-state index is 0.549. The van der Waals surface area contributed by atoms with Gasteiger partial charge in [-0.2, -0.15) is 0 Å². The Bertz CT molecular complexity index is 525. The predicted octanol–water partition coefficient (Wildman–Crippen LogP) is 3.35. The molecule has 0 radical (unpaired) electrons. The van der Waals surface area contributed by atoms with Crippen molar-refractivity contribution >= 4 is 27.0 Å². The molecule has 0 aliphatic heterocycles. The maximum Gasteiger partial charge on any atom is 0.149 e. The topological polar surface area (TPSA) is 35.0 Å². The van der Waals surface area contributed by atoms with E-state index in [0.717, 1.165) is 21.3 Å². The standard InChI is InChI=1S/C12H11BrN2O/c1-2-3-6-16-11-4-5-14-10-7-9(13)8-15-12(10)11/h2-5,7-8H,6H2,1H3/b3-2+. The first-order valence-electron chi connectivity index (χ1n) is 4.95. The van der Waals surface area contributed by atoms with Gasteiger partial charge in [0, 0.05) is 22.9 Å². The Morgan fingerprint density at radius 3 is 3.12 bits per heavy atom. The number of allylic oxidation sites excluding steroid dienone is 1. The second-order valence-corrected chi connectivity index (χ2v) is 4.13. The number of ether oxygens (including phenoxy) is 1. The van der Waals surface area contributed by atoms with Gasteiger partial charge in [0.2, 0.25) is 0 Å². The van der Waals surface area contributed by atoms with Crippen LogP contribution >= 0.6 is 15.9 Å². The van der Waals surface area contributed by atoms with Crippen LogP contribution in [0.4, 0.5) is 0 Å². The Morgan fingerprint density at radius 1 is 1.44 bits per heavy atom. The molecule has 0 bridgehead atoms. The number of pyridine rings is 2. The second kappa shape index (κ2) is 5.07. The van der Waals surface area contributed by atoms with Gasteiger partial charge in [-0.15, -0.1) is 0 Å². The minimum Gasteiger partial charge on any atom is -0.487 e. The SMILES string of the molecule is C/C=C/COc1ccnc2cc(Br)cnc12. The van der Waals surface area contributed by atoms with Gasteiger partial charge < -0.3 is 4.74 Å². The van der Waals surface area contributed by atoms with Crippen LogP contribution in [0.3, 0.4) is 0 Å². The van der Waals surface area contributed by atoms with Gasteiger partial charge in [0.25, 0.3) is 0 Å². The molecule has 0 aliphatic carbocycles. The zero-order chi connectivity index (χ0) is 11.4. The molecule has 0 amide bonds. The Kier molecular flexibility index (Phi) is 3.51. The van der Waals surface area contributed by atoms with Gasteiger partial charge in [-0.3, -0.25) is 4.98 Å². The molecular weight excluding hydrogens is 268 g/mol. The van der Waals surface area contributed by atoms with Crippen LogP contribution in [0.2, 0.25) is 0 Å². The number of nitrogens with zero attached hydrogens (tertiary/aromatic N) is 2. The summed E-state index contributed by atoms with van der Waals surface area (Å²) in [7, 11) is 0. The van der Waals surface area contributed by atoms with E-state index in [1.165, 1.54) is 0 Å². The summed E-state index contributed by atoms with van der Waals surface area (Å²) in [6.45, 7) is 2.51. The van der Waals surface area contributed by atoms with E-state index in [1.807, 2.05) is 31.2 Å². The lowest BCUT2D eigenvalue weighted by molar-refractivity contribution is 0.366. The Balaban J connectivity index is 2.37. The van der Waals surface area contributed by atoms with Gasteiger partial charge in [-0.05, 0) is 28.9 Å². The number of hydrogen-bond donors (Lipinski definition) is 0. The van der Waals surface area contributed by atoms with Crippen molar-refractivity contribution in [1.29, 1.82) is 0 Å². The van der Waals surface area contributed by atoms with Crippen LogP contribution in [-0.2, 0) is 0 Å². The van der Waals surface area contributed by atoms with Crippen molar-refractivity contribution in [3.63, 3.8) is 0 Å². The van der Waals surface area contributed by atoms with E-state index >= 15 is 0 Å². The lowest BCUT2D eigenvalue weighted by atomic mass is 10.3. The fraction of sp³-hybridized carbons (Fsp3) is 0.167. The molecular formula is C12H11BrN2O. The molecule has 2 heterocycles. The molecule has 0 atom stereocenters. The summed E-state index contributed by atoms with van der Waals surface area (Å²) >= 11 is 3.37. The molecule has 2 aromatic rings. The van der Waals surface area contributed by atoms with Gasteiger partial charge in [0.1, 0.15) is 17.9 Å². The molecule has 0 N–H and O–H groups in total. The van der Waals surface area contributed by atoms with Crippen LogP contribution in [0.25, 0.3) is 11.0 Å². The molecule has 0 aromatic carbocycles. The van der Waals surface area contributed by atoms with Crippen LogP contribution in [-0.4, -0.2) is 16.6 Å². The van der Waals surface area contributed by atoms with E-state index in [0.29, 0.717) is 6.61 Å². The lowest BCUT2D eigenvalue weighted by Crippen LogP contribution is -1.95. The summed E-state index contributed by atoms with van der Waals surface area (Å²) in [6.07, 6.45) is 7.37. The fourth-order valence-electron chi connectivity index (χ4n) is 1.33. The summed E-state index contributed by atoms with van der Waals surface area (Å²) in [5, 5.41) is 0. The highest BCUT2D eigenvalue weighted by atomic mass is 79.9. The van der Waals surface area contributed by atoms with E-state index < -0.39 is 0 Å². The Labute approximate surface area is 102 Å². The molecule has 2 aromatic heterocycles. The molecule has 0 fully saturated rings. The van der Waals surface area contributed by atoms with E-state index in [2.05, 4.69) is 25.9 Å². The first-order chi connectivity index (χ1) is 7.81. The highest BCUT2D eigenvalue weighted by Gasteiger charge is 2.04. The van der Waals surface area contributed by atoms with Crippen LogP contribution in [0.15, 0.2) is 41.2 Å². The first kappa shape index (κ1) is 11.1. The smallest absolute Gasteiger partial charge is 0.149 e. The molecule has 16 heavy (non-hydrogen) atoms. The van der Waals surface area contributed by atoms with Crippen molar-refractivity contribution in [2.45, 2.75) is 6.92 Å². The third-order valence-corrected chi connectivity index (χ3v) is 2.51. The molecule has 0 unspecified atom stereocenters. The van der Waals surface area contributed by atoms with Crippen molar-refractivity contribution < 1.29 is 4.74 Å². The maximum absolute atomic E-state index is 5.59. The molecule has 82 valence electrons. The number of fused-ring (bicyclic) bond motifs is 1. The summed E-state index contributed by atoms with van der Waals surface area (Å²) < 4.78 is 6.51. The van der Waals surface area contributed by atoms with Gasteiger partial charge in [-0.1, -0.05) is 12.2 Å². The number of hydrogen-bond acceptors (Lipinski definition) is 3. The highest BCUT2D eigenvalue weighted by Crippen LogP contribution is 2.23. The van der Waals surface area contributed by atoms with E-state index in [9.17, 15) is 0 Å². The maximum atomic E-state index is 5.59.